The van der Waals surface area contributed by atoms with Gasteiger partial charge < -0.3 is 4.42 Å². The summed E-state index contributed by atoms with van der Waals surface area (Å²) >= 11 is 5.92. The second kappa shape index (κ2) is 4.56. The predicted molar refractivity (Wildman–Crippen MR) is 61.1 cm³/mol. The van der Waals surface area contributed by atoms with Crippen LogP contribution in [0.2, 0.25) is 0 Å². The molecule has 1 unspecified atom stereocenters. The molecule has 1 fully saturated rings. The van der Waals surface area contributed by atoms with Gasteiger partial charge in [0.2, 0.25) is 5.89 Å². The SMILES string of the molecule is CC1CCC(c2cnc(C(C)Cl)o2)CC1. The number of hydrogen-bond donors (Lipinski definition) is 0. The second-order valence-corrected chi connectivity index (χ2v) is 5.33. The van der Waals surface area contributed by atoms with E-state index in [1.165, 1.54) is 25.7 Å². The van der Waals surface area contributed by atoms with Crippen LogP contribution in [0, 0.1) is 5.92 Å². The molecular weight excluding hydrogens is 210 g/mol. The largest absolute Gasteiger partial charge is 0.444 e. The molecule has 3 heteroatoms. The van der Waals surface area contributed by atoms with Crippen LogP contribution >= 0.6 is 11.6 Å². The zero-order chi connectivity index (χ0) is 10.8. The number of halogens is 1. The first-order valence-electron chi connectivity index (χ1n) is 5.76. The summed E-state index contributed by atoms with van der Waals surface area (Å²) < 4.78 is 5.68. The number of hydrogen-bond acceptors (Lipinski definition) is 2. The minimum atomic E-state index is -0.124. The molecule has 1 aliphatic rings. The number of aromatic nitrogens is 1. The molecule has 1 heterocycles. The molecule has 15 heavy (non-hydrogen) atoms. The number of nitrogens with zero attached hydrogens (tertiary/aromatic N) is 1. The standard InChI is InChI=1S/C12H18ClNO/c1-8-3-5-10(6-4-8)11-7-14-12(15-11)9(2)13/h7-10H,3-6H2,1-2H3. The topological polar surface area (TPSA) is 26.0 Å². The summed E-state index contributed by atoms with van der Waals surface area (Å²) in [6.07, 6.45) is 6.92. The van der Waals surface area contributed by atoms with Gasteiger partial charge >= 0.3 is 0 Å². The summed E-state index contributed by atoms with van der Waals surface area (Å²) in [6, 6.07) is 0. The van der Waals surface area contributed by atoms with Gasteiger partial charge in [0.1, 0.15) is 11.1 Å². The van der Waals surface area contributed by atoms with Crippen LogP contribution in [-0.2, 0) is 0 Å². The molecule has 0 aromatic carbocycles. The molecular formula is C12H18ClNO. The van der Waals surface area contributed by atoms with Crippen molar-refractivity contribution in [2.24, 2.45) is 5.92 Å². The van der Waals surface area contributed by atoms with Crippen LogP contribution in [0.25, 0.3) is 0 Å². The molecule has 2 nitrogen and oxygen atoms in total. The van der Waals surface area contributed by atoms with Gasteiger partial charge in [-0.1, -0.05) is 19.8 Å². The molecule has 0 radical (unpaired) electrons. The molecule has 0 aliphatic heterocycles. The second-order valence-electron chi connectivity index (χ2n) is 4.67. The summed E-state index contributed by atoms with van der Waals surface area (Å²) in [5, 5.41) is -0.124. The highest BCUT2D eigenvalue weighted by atomic mass is 35.5. The smallest absolute Gasteiger partial charge is 0.212 e. The van der Waals surface area contributed by atoms with Gasteiger partial charge in [-0.15, -0.1) is 11.6 Å². The third-order valence-corrected chi connectivity index (χ3v) is 3.49. The fourth-order valence-electron chi connectivity index (χ4n) is 2.22. The van der Waals surface area contributed by atoms with Crippen LogP contribution < -0.4 is 0 Å². The summed E-state index contributed by atoms with van der Waals surface area (Å²) in [5.74, 6) is 3.13. The molecule has 0 bridgehead atoms. The van der Waals surface area contributed by atoms with E-state index in [0.717, 1.165) is 11.7 Å². The van der Waals surface area contributed by atoms with Gasteiger partial charge in [0.25, 0.3) is 0 Å². The van der Waals surface area contributed by atoms with Crippen molar-refractivity contribution in [3.8, 4) is 0 Å². The summed E-state index contributed by atoms with van der Waals surface area (Å²) in [4.78, 5) is 4.21. The van der Waals surface area contributed by atoms with Crippen LogP contribution in [0.15, 0.2) is 10.6 Å². The molecule has 1 aromatic rings. The highest BCUT2D eigenvalue weighted by Gasteiger charge is 2.23. The van der Waals surface area contributed by atoms with Gasteiger partial charge in [-0.2, -0.15) is 0 Å². The molecule has 1 atom stereocenters. The van der Waals surface area contributed by atoms with E-state index in [-0.39, 0.29) is 5.38 Å². The lowest BCUT2D eigenvalue weighted by Gasteiger charge is -2.24. The van der Waals surface area contributed by atoms with E-state index in [4.69, 9.17) is 16.0 Å². The van der Waals surface area contributed by atoms with Crippen molar-refractivity contribution in [3.63, 3.8) is 0 Å². The van der Waals surface area contributed by atoms with Gasteiger partial charge in [-0.3, -0.25) is 0 Å². The maximum Gasteiger partial charge on any atom is 0.212 e. The van der Waals surface area contributed by atoms with Gasteiger partial charge in [0.15, 0.2) is 0 Å². The van der Waals surface area contributed by atoms with E-state index in [0.29, 0.717) is 11.8 Å². The van der Waals surface area contributed by atoms with E-state index in [1.54, 1.807) is 0 Å². The lowest BCUT2D eigenvalue weighted by atomic mass is 9.82. The number of alkyl halides is 1. The van der Waals surface area contributed by atoms with E-state index < -0.39 is 0 Å². The Morgan fingerprint density at radius 2 is 2.07 bits per heavy atom. The van der Waals surface area contributed by atoms with E-state index in [9.17, 15) is 0 Å². The molecule has 1 aliphatic carbocycles. The van der Waals surface area contributed by atoms with Gasteiger partial charge in [-0.05, 0) is 25.7 Å². The van der Waals surface area contributed by atoms with Crippen LogP contribution in [-0.4, -0.2) is 4.98 Å². The fourth-order valence-corrected chi connectivity index (χ4v) is 2.32. The molecule has 0 amide bonds. The molecule has 0 saturated heterocycles. The van der Waals surface area contributed by atoms with Crippen LogP contribution in [0.5, 0.6) is 0 Å². The summed E-state index contributed by atoms with van der Waals surface area (Å²) in [5.41, 5.74) is 0. The third-order valence-electron chi connectivity index (χ3n) is 3.30. The lowest BCUT2D eigenvalue weighted by Crippen LogP contribution is -2.10. The maximum atomic E-state index is 5.92. The minimum absolute atomic E-state index is 0.124. The van der Waals surface area contributed by atoms with Crippen molar-refractivity contribution in [1.29, 1.82) is 0 Å². The molecule has 2 rings (SSSR count). The first kappa shape index (κ1) is 11.0. The van der Waals surface area contributed by atoms with Crippen molar-refractivity contribution < 1.29 is 4.42 Å². The average molecular weight is 228 g/mol. The van der Waals surface area contributed by atoms with Crippen molar-refractivity contribution >= 4 is 11.6 Å². The molecule has 84 valence electrons. The van der Waals surface area contributed by atoms with E-state index >= 15 is 0 Å². The van der Waals surface area contributed by atoms with Crippen molar-refractivity contribution in [2.75, 3.05) is 0 Å². The minimum Gasteiger partial charge on any atom is -0.444 e. The third kappa shape index (κ3) is 2.54. The normalized spacial score (nSPS) is 29.0. The van der Waals surface area contributed by atoms with Crippen molar-refractivity contribution in [2.45, 2.75) is 50.8 Å². The monoisotopic (exact) mass is 227 g/mol. The first-order valence-corrected chi connectivity index (χ1v) is 6.20. The van der Waals surface area contributed by atoms with Gasteiger partial charge in [-0.25, -0.2) is 4.98 Å². The molecule has 1 saturated carbocycles. The highest BCUT2D eigenvalue weighted by Crippen LogP contribution is 2.36. The van der Waals surface area contributed by atoms with Crippen molar-refractivity contribution in [1.82, 2.24) is 4.98 Å². The lowest BCUT2D eigenvalue weighted by molar-refractivity contribution is 0.308. The van der Waals surface area contributed by atoms with E-state index in [2.05, 4.69) is 11.9 Å². The Hall–Kier alpha value is -0.500. The van der Waals surface area contributed by atoms with E-state index in [1.807, 2.05) is 13.1 Å². The molecule has 1 aromatic heterocycles. The fraction of sp³-hybridized carbons (Fsp3) is 0.750. The zero-order valence-corrected chi connectivity index (χ0v) is 10.1. The predicted octanol–water partition coefficient (Wildman–Crippen LogP) is 4.27. The van der Waals surface area contributed by atoms with Crippen LogP contribution in [0.4, 0.5) is 0 Å². The Morgan fingerprint density at radius 1 is 1.40 bits per heavy atom. The molecule has 0 N–H and O–H groups in total. The quantitative estimate of drug-likeness (QED) is 0.706. The maximum absolute atomic E-state index is 5.92. The Labute approximate surface area is 96.0 Å². The average Bonchev–Trinajstić information content (AvgIpc) is 2.68. The highest BCUT2D eigenvalue weighted by molar-refractivity contribution is 6.20. The zero-order valence-electron chi connectivity index (χ0n) is 9.37. The summed E-state index contributed by atoms with van der Waals surface area (Å²) in [7, 11) is 0. The van der Waals surface area contributed by atoms with Gasteiger partial charge in [0, 0.05) is 5.92 Å². The Kier molecular flexibility index (Phi) is 3.35. The Morgan fingerprint density at radius 3 is 2.60 bits per heavy atom. The van der Waals surface area contributed by atoms with Crippen molar-refractivity contribution in [3.05, 3.63) is 17.8 Å². The molecule has 0 spiro atoms. The Balaban J connectivity index is 2.03. The van der Waals surface area contributed by atoms with Crippen LogP contribution in [0.3, 0.4) is 0 Å². The Bertz CT molecular complexity index is 313. The number of oxazole rings is 1. The number of rotatable bonds is 2. The first-order chi connectivity index (χ1) is 7.16. The van der Waals surface area contributed by atoms with Gasteiger partial charge in [0.05, 0.1) is 6.20 Å². The summed E-state index contributed by atoms with van der Waals surface area (Å²) in [6.45, 7) is 4.21. The van der Waals surface area contributed by atoms with Crippen LogP contribution in [0.1, 0.15) is 62.5 Å².